The van der Waals surface area contributed by atoms with Crippen LogP contribution in [-0.4, -0.2) is 49.4 Å². The largest absolute Gasteiger partial charge is 0.366 e. The Morgan fingerprint density at radius 2 is 1.88 bits per heavy atom. The fraction of sp³-hybridized carbons (Fsp3) is 0.143. The molecule has 128 valence electrons. The molecule has 0 radical (unpaired) electrons. The molecular formula is C14H14ClN9O. The predicted molar refractivity (Wildman–Crippen MR) is 91.7 cm³/mol. The van der Waals surface area contributed by atoms with Gasteiger partial charge in [-0.15, -0.1) is 10.2 Å². The summed E-state index contributed by atoms with van der Waals surface area (Å²) in [6.45, 7) is 0.897. The van der Waals surface area contributed by atoms with Crippen molar-refractivity contribution in [2.75, 3.05) is 23.7 Å². The van der Waals surface area contributed by atoms with Gasteiger partial charge in [0.15, 0.2) is 11.0 Å². The first-order valence-electron chi connectivity index (χ1n) is 7.29. The Labute approximate surface area is 147 Å². The van der Waals surface area contributed by atoms with Crippen LogP contribution in [0.2, 0.25) is 5.15 Å². The minimum atomic E-state index is -0.639. The lowest BCUT2D eigenvalue weighted by Gasteiger charge is -2.10. The smallest absolute Gasteiger partial charge is 0.252 e. The standard InChI is InChI=1S/C14H14ClN9O/c15-11-8-10(12(16)25)13(20-19-11)17-6-7-18-14-21-22-23-24(14)9-4-2-1-3-5-9/h1-5,8H,6-7H2,(H2,16,25)(H,17,20)(H,18,21,23). The third kappa shape index (κ3) is 3.98. The Bertz CT molecular complexity index is 868. The molecule has 0 aliphatic heterocycles. The molecule has 25 heavy (non-hydrogen) atoms. The number of carbonyl (C=O) groups excluding carboxylic acids is 1. The fourth-order valence-electron chi connectivity index (χ4n) is 2.08. The maximum atomic E-state index is 11.4. The van der Waals surface area contributed by atoms with E-state index in [-0.39, 0.29) is 16.5 Å². The van der Waals surface area contributed by atoms with Gasteiger partial charge in [0.05, 0.1) is 11.3 Å². The van der Waals surface area contributed by atoms with Crippen LogP contribution < -0.4 is 16.4 Å². The van der Waals surface area contributed by atoms with Crippen molar-refractivity contribution < 1.29 is 4.79 Å². The van der Waals surface area contributed by atoms with Crippen molar-refractivity contribution >= 4 is 29.3 Å². The van der Waals surface area contributed by atoms with Crippen LogP contribution in [0.15, 0.2) is 36.4 Å². The van der Waals surface area contributed by atoms with E-state index in [0.29, 0.717) is 19.0 Å². The number of nitrogens with one attached hydrogen (secondary N) is 2. The summed E-state index contributed by atoms with van der Waals surface area (Å²) >= 11 is 5.72. The molecule has 0 aliphatic carbocycles. The van der Waals surface area contributed by atoms with Gasteiger partial charge in [-0.2, -0.15) is 4.68 Å². The third-order valence-corrected chi connectivity index (χ3v) is 3.39. The van der Waals surface area contributed by atoms with Crippen LogP contribution >= 0.6 is 11.6 Å². The Hall–Kier alpha value is -3.27. The highest BCUT2D eigenvalue weighted by Crippen LogP contribution is 2.14. The van der Waals surface area contributed by atoms with E-state index in [0.717, 1.165) is 5.69 Å². The summed E-state index contributed by atoms with van der Waals surface area (Å²) in [4.78, 5) is 11.4. The van der Waals surface area contributed by atoms with Crippen molar-refractivity contribution in [1.82, 2.24) is 30.4 Å². The first-order chi connectivity index (χ1) is 12.1. The number of primary amides is 1. The molecule has 4 N–H and O–H groups in total. The van der Waals surface area contributed by atoms with Crippen molar-refractivity contribution in [2.24, 2.45) is 5.73 Å². The second-order valence-electron chi connectivity index (χ2n) is 4.90. The molecule has 0 spiro atoms. The monoisotopic (exact) mass is 359 g/mol. The number of nitrogens with two attached hydrogens (primary N) is 1. The number of anilines is 2. The molecule has 10 nitrogen and oxygen atoms in total. The first-order valence-corrected chi connectivity index (χ1v) is 7.67. The van der Waals surface area contributed by atoms with Crippen LogP contribution in [0.5, 0.6) is 0 Å². The second-order valence-corrected chi connectivity index (χ2v) is 5.28. The van der Waals surface area contributed by atoms with E-state index in [1.54, 1.807) is 4.68 Å². The quantitative estimate of drug-likeness (QED) is 0.525. The number of aromatic nitrogens is 6. The predicted octanol–water partition coefficient (Wildman–Crippen LogP) is 0.729. The topological polar surface area (TPSA) is 137 Å². The van der Waals surface area contributed by atoms with Gasteiger partial charge in [0.1, 0.15) is 0 Å². The van der Waals surface area contributed by atoms with Gasteiger partial charge in [-0.25, -0.2) is 0 Å². The van der Waals surface area contributed by atoms with E-state index >= 15 is 0 Å². The normalized spacial score (nSPS) is 10.4. The van der Waals surface area contributed by atoms with Gasteiger partial charge in [-0.1, -0.05) is 34.9 Å². The van der Waals surface area contributed by atoms with Gasteiger partial charge >= 0.3 is 0 Å². The Balaban J connectivity index is 1.60. The lowest BCUT2D eigenvalue weighted by atomic mass is 10.2. The van der Waals surface area contributed by atoms with Crippen LogP contribution in [0.25, 0.3) is 5.69 Å². The summed E-state index contributed by atoms with van der Waals surface area (Å²) < 4.78 is 1.58. The third-order valence-electron chi connectivity index (χ3n) is 3.20. The minimum Gasteiger partial charge on any atom is -0.366 e. The Morgan fingerprint density at radius 3 is 2.64 bits per heavy atom. The van der Waals surface area contributed by atoms with E-state index in [9.17, 15) is 4.79 Å². The lowest BCUT2D eigenvalue weighted by Crippen LogP contribution is -2.20. The van der Waals surface area contributed by atoms with Crippen molar-refractivity contribution in [1.29, 1.82) is 0 Å². The molecule has 0 saturated carbocycles. The number of halogens is 1. The van der Waals surface area contributed by atoms with Crippen LogP contribution in [-0.2, 0) is 0 Å². The molecule has 0 aliphatic rings. The molecule has 0 unspecified atom stereocenters. The Kier molecular flexibility index (Phi) is 5.00. The number of para-hydroxylation sites is 1. The first kappa shape index (κ1) is 16.6. The van der Waals surface area contributed by atoms with Crippen LogP contribution in [0.1, 0.15) is 10.4 Å². The lowest BCUT2D eigenvalue weighted by molar-refractivity contribution is 0.100. The zero-order chi connectivity index (χ0) is 17.6. The maximum Gasteiger partial charge on any atom is 0.252 e. The molecule has 3 aromatic rings. The summed E-state index contributed by atoms with van der Waals surface area (Å²) in [6.07, 6.45) is 0. The molecule has 0 bridgehead atoms. The minimum absolute atomic E-state index is 0.0968. The van der Waals surface area contributed by atoms with Gasteiger partial charge in [-0.05, 0) is 28.6 Å². The summed E-state index contributed by atoms with van der Waals surface area (Å²) in [5, 5.41) is 25.2. The van der Waals surface area contributed by atoms with Gasteiger partial charge in [0.25, 0.3) is 5.91 Å². The zero-order valence-electron chi connectivity index (χ0n) is 12.9. The molecule has 0 atom stereocenters. The average molecular weight is 360 g/mol. The number of nitrogens with zero attached hydrogens (tertiary/aromatic N) is 6. The van der Waals surface area contributed by atoms with E-state index in [2.05, 4.69) is 36.4 Å². The molecule has 1 amide bonds. The number of tetrazole rings is 1. The average Bonchev–Trinajstić information content (AvgIpc) is 3.09. The molecule has 2 heterocycles. The number of rotatable bonds is 7. The number of amides is 1. The fourth-order valence-corrected chi connectivity index (χ4v) is 2.23. The van der Waals surface area contributed by atoms with Crippen molar-refractivity contribution in [2.45, 2.75) is 0 Å². The van der Waals surface area contributed by atoms with Crippen LogP contribution in [0, 0.1) is 0 Å². The zero-order valence-corrected chi connectivity index (χ0v) is 13.7. The molecule has 2 aromatic heterocycles. The summed E-state index contributed by atoms with van der Waals surface area (Å²) in [5.41, 5.74) is 6.31. The summed E-state index contributed by atoms with van der Waals surface area (Å²) in [6, 6.07) is 10.8. The van der Waals surface area contributed by atoms with E-state index < -0.39 is 5.91 Å². The number of hydrogen-bond donors (Lipinski definition) is 3. The van der Waals surface area contributed by atoms with Crippen LogP contribution in [0.4, 0.5) is 11.8 Å². The number of hydrogen-bond acceptors (Lipinski definition) is 8. The summed E-state index contributed by atoms with van der Waals surface area (Å²) in [7, 11) is 0. The molecule has 0 fully saturated rings. The molecular weight excluding hydrogens is 346 g/mol. The Morgan fingerprint density at radius 1 is 1.12 bits per heavy atom. The molecule has 1 aromatic carbocycles. The van der Waals surface area contributed by atoms with E-state index in [1.807, 2.05) is 30.3 Å². The molecule has 0 saturated heterocycles. The molecule has 11 heteroatoms. The van der Waals surface area contributed by atoms with E-state index in [1.165, 1.54) is 6.07 Å². The number of carbonyl (C=O) groups is 1. The SMILES string of the molecule is NC(=O)c1cc(Cl)nnc1NCCNc1nnnn1-c1ccccc1. The molecule has 3 rings (SSSR count). The summed E-state index contributed by atoms with van der Waals surface area (Å²) in [5.74, 6) is 0.118. The van der Waals surface area contributed by atoms with Crippen LogP contribution in [0.3, 0.4) is 0 Å². The second kappa shape index (κ2) is 7.53. The van der Waals surface area contributed by atoms with Crippen molar-refractivity contribution in [3.8, 4) is 5.69 Å². The highest BCUT2D eigenvalue weighted by Gasteiger charge is 2.12. The van der Waals surface area contributed by atoms with Crippen molar-refractivity contribution in [3.05, 3.63) is 47.1 Å². The van der Waals surface area contributed by atoms with Gasteiger partial charge in [0, 0.05) is 13.1 Å². The maximum absolute atomic E-state index is 11.4. The van der Waals surface area contributed by atoms with Gasteiger partial charge in [0.2, 0.25) is 5.95 Å². The van der Waals surface area contributed by atoms with Gasteiger partial charge < -0.3 is 16.4 Å². The van der Waals surface area contributed by atoms with E-state index in [4.69, 9.17) is 17.3 Å². The van der Waals surface area contributed by atoms with Crippen molar-refractivity contribution in [3.63, 3.8) is 0 Å². The number of benzene rings is 1. The van der Waals surface area contributed by atoms with Gasteiger partial charge in [-0.3, -0.25) is 4.79 Å². The highest BCUT2D eigenvalue weighted by atomic mass is 35.5. The highest BCUT2D eigenvalue weighted by molar-refractivity contribution is 6.29.